The van der Waals surface area contributed by atoms with Gasteiger partial charge in [-0.25, -0.2) is 0 Å². The van der Waals surface area contributed by atoms with Gasteiger partial charge in [-0.15, -0.1) is 0 Å². The van der Waals surface area contributed by atoms with Crippen LogP contribution in [0.5, 0.6) is 0 Å². The molecule has 1 aromatic heterocycles. The Labute approximate surface area is 121 Å². The van der Waals surface area contributed by atoms with E-state index in [0.29, 0.717) is 5.92 Å². The van der Waals surface area contributed by atoms with Crippen LogP contribution in [0, 0.1) is 11.8 Å². The lowest BCUT2D eigenvalue weighted by atomic mass is 10.0. The molecule has 0 aliphatic heterocycles. The van der Waals surface area contributed by atoms with Gasteiger partial charge in [0.15, 0.2) is 0 Å². The smallest absolute Gasteiger partial charge is 0.0488 e. The second kappa shape index (κ2) is 6.51. The van der Waals surface area contributed by atoms with E-state index >= 15 is 0 Å². The summed E-state index contributed by atoms with van der Waals surface area (Å²) in [4.78, 5) is 8.39. The maximum Gasteiger partial charge on any atom is 0.0488 e. The van der Waals surface area contributed by atoms with E-state index in [-0.39, 0.29) is 0 Å². The molecule has 0 saturated heterocycles. The summed E-state index contributed by atoms with van der Waals surface area (Å²) in [6.45, 7) is 8.44. The minimum Gasteiger partial charge on any atom is -0.359 e. The van der Waals surface area contributed by atoms with Crippen molar-refractivity contribution in [3.05, 3.63) is 48.4 Å². The first kappa shape index (κ1) is 14.5. The molecule has 20 heavy (non-hydrogen) atoms. The van der Waals surface area contributed by atoms with Crippen molar-refractivity contribution in [3.8, 4) is 0 Å². The zero-order valence-corrected chi connectivity index (χ0v) is 12.6. The first-order valence-electron chi connectivity index (χ1n) is 7.13. The summed E-state index contributed by atoms with van der Waals surface area (Å²) in [6, 6.07) is 3.99. The van der Waals surface area contributed by atoms with E-state index in [4.69, 9.17) is 0 Å². The molecule has 3 nitrogen and oxygen atoms in total. The molecule has 1 aliphatic rings. The minimum absolute atomic E-state index is 0.508. The molecule has 0 spiro atoms. The van der Waals surface area contributed by atoms with Crippen molar-refractivity contribution in [2.75, 3.05) is 7.05 Å². The Balaban J connectivity index is 2.19. The van der Waals surface area contributed by atoms with Crippen molar-refractivity contribution in [2.45, 2.75) is 26.7 Å². The molecule has 1 fully saturated rings. The molecule has 1 aliphatic carbocycles. The molecule has 1 unspecified atom stereocenters. The maximum atomic E-state index is 4.20. The predicted molar refractivity (Wildman–Crippen MR) is 85.4 cm³/mol. The zero-order valence-electron chi connectivity index (χ0n) is 12.6. The van der Waals surface area contributed by atoms with Gasteiger partial charge in [0.1, 0.15) is 0 Å². The Bertz CT molecular complexity index is 524. The van der Waals surface area contributed by atoms with Crippen molar-refractivity contribution in [3.63, 3.8) is 0 Å². The average molecular weight is 269 g/mol. The van der Waals surface area contributed by atoms with Crippen molar-refractivity contribution in [2.24, 2.45) is 16.8 Å². The van der Waals surface area contributed by atoms with Crippen LogP contribution in [-0.4, -0.2) is 17.7 Å². The Morgan fingerprint density at radius 3 is 2.85 bits per heavy atom. The molecule has 2 rings (SSSR count). The van der Waals surface area contributed by atoms with Crippen LogP contribution in [0.15, 0.2) is 47.9 Å². The number of pyridine rings is 1. The number of hydrogen-bond donors (Lipinski definition) is 1. The summed E-state index contributed by atoms with van der Waals surface area (Å²) in [5, 5.41) is 3.47. The van der Waals surface area contributed by atoms with Crippen LogP contribution in [0.4, 0.5) is 0 Å². The van der Waals surface area contributed by atoms with E-state index in [1.807, 2.05) is 31.3 Å². The van der Waals surface area contributed by atoms with Gasteiger partial charge < -0.3 is 5.32 Å². The normalized spacial score (nSPS) is 17.8. The van der Waals surface area contributed by atoms with Crippen molar-refractivity contribution in [1.29, 1.82) is 0 Å². The monoisotopic (exact) mass is 269 g/mol. The molecule has 106 valence electrons. The van der Waals surface area contributed by atoms with E-state index < -0.39 is 0 Å². The number of nitrogens with zero attached hydrogens (tertiary/aromatic N) is 2. The Kier molecular flexibility index (Phi) is 4.72. The number of rotatable bonds is 6. The number of aromatic nitrogens is 1. The quantitative estimate of drug-likeness (QED) is 0.800. The molecule has 1 atom stereocenters. The molecule has 1 saturated carbocycles. The lowest BCUT2D eigenvalue weighted by Gasteiger charge is -2.19. The number of nitrogens with one attached hydrogen (secondary N) is 1. The second-order valence-electron chi connectivity index (χ2n) is 5.44. The van der Waals surface area contributed by atoms with E-state index in [0.717, 1.165) is 28.6 Å². The van der Waals surface area contributed by atoms with Gasteiger partial charge in [0, 0.05) is 42.1 Å². The summed E-state index contributed by atoms with van der Waals surface area (Å²) in [5.41, 5.74) is 4.12. The second-order valence-corrected chi connectivity index (χ2v) is 5.44. The van der Waals surface area contributed by atoms with E-state index in [9.17, 15) is 0 Å². The fourth-order valence-corrected chi connectivity index (χ4v) is 2.15. The van der Waals surface area contributed by atoms with E-state index in [2.05, 4.69) is 28.8 Å². The van der Waals surface area contributed by atoms with Crippen LogP contribution in [-0.2, 0) is 0 Å². The summed E-state index contributed by atoms with van der Waals surface area (Å²) in [6.07, 6.45) is 8.33. The van der Waals surface area contributed by atoms with Crippen LogP contribution in [0.1, 0.15) is 32.3 Å². The molecule has 3 heteroatoms. The summed E-state index contributed by atoms with van der Waals surface area (Å²) in [7, 11) is 1.80. The van der Waals surface area contributed by atoms with E-state index in [1.165, 1.54) is 12.8 Å². The number of aliphatic imine (C=N–C) groups is 1. The Hall–Kier alpha value is -1.90. The topological polar surface area (TPSA) is 37.3 Å². The predicted octanol–water partition coefficient (Wildman–Crippen LogP) is 3.66. The van der Waals surface area contributed by atoms with Gasteiger partial charge in [0.2, 0.25) is 0 Å². The first-order valence-corrected chi connectivity index (χ1v) is 7.13. The maximum absolute atomic E-state index is 4.20. The lowest BCUT2D eigenvalue weighted by Crippen LogP contribution is -2.18. The van der Waals surface area contributed by atoms with Crippen LogP contribution in [0.3, 0.4) is 0 Å². The molecular weight excluding hydrogens is 246 g/mol. The highest BCUT2D eigenvalue weighted by molar-refractivity contribution is 5.98. The third-order valence-corrected chi connectivity index (χ3v) is 3.85. The highest BCUT2D eigenvalue weighted by Gasteiger charge is 2.29. The number of hydrogen-bond acceptors (Lipinski definition) is 3. The van der Waals surface area contributed by atoms with Gasteiger partial charge >= 0.3 is 0 Å². The lowest BCUT2D eigenvalue weighted by molar-refractivity contribution is 0.570. The Morgan fingerprint density at radius 1 is 1.55 bits per heavy atom. The number of allylic oxidation sites excluding steroid dienone is 2. The van der Waals surface area contributed by atoms with Crippen molar-refractivity contribution < 1.29 is 0 Å². The van der Waals surface area contributed by atoms with Gasteiger partial charge in [0.25, 0.3) is 0 Å². The molecule has 1 aromatic rings. The van der Waals surface area contributed by atoms with Gasteiger partial charge in [-0.3, -0.25) is 9.98 Å². The molecule has 0 amide bonds. The average Bonchev–Trinajstić information content (AvgIpc) is 3.31. The van der Waals surface area contributed by atoms with Gasteiger partial charge in [-0.05, 0) is 49.8 Å². The highest BCUT2D eigenvalue weighted by Crippen LogP contribution is 2.39. The third-order valence-electron chi connectivity index (χ3n) is 3.85. The van der Waals surface area contributed by atoms with Gasteiger partial charge in [-0.1, -0.05) is 13.5 Å². The highest BCUT2D eigenvalue weighted by atomic mass is 14.9. The molecule has 1 N–H and O–H groups in total. The third kappa shape index (κ3) is 3.80. The molecule has 1 heterocycles. The zero-order chi connectivity index (χ0) is 14.5. The van der Waals surface area contributed by atoms with Crippen LogP contribution < -0.4 is 5.32 Å². The van der Waals surface area contributed by atoms with Crippen LogP contribution in [0.25, 0.3) is 5.70 Å². The minimum atomic E-state index is 0.508. The van der Waals surface area contributed by atoms with Gasteiger partial charge in [0.05, 0.1) is 0 Å². The standard InChI is InChI=1S/C17H23N3/c1-12(18-4)10-17(16-6-5-9-19-11-16)20-14(3)13(2)15-7-8-15/h5-6,9-11,13,15,20H,3,7-8H2,1-2,4H3. The summed E-state index contributed by atoms with van der Waals surface area (Å²) in [5.74, 6) is 1.31. The first-order chi connectivity index (χ1) is 9.61. The van der Waals surface area contributed by atoms with Crippen LogP contribution >= 0.6 is 0 Å². The molecular formula is C17H23N3. The summed E-state index contributed by atoms with van der Waals surface area (Å²) < 4.78 is 0. The van der Waals surface area contributed by atoms with Crippen molar-refractivity contribution in [1.82, 2.24) is 10.3 Å². The van der Waals surface area contributed by atoms with Crippen LogP contribution in [0.2, 0.25) is 0 Å². The largest absolute Gasteiger partial charge is 0.359 e. The SMILES string of the molecule is C=C(NC(=CC(C)=NC)c1cccnc1)C(C)C1CC1. The molecule has 0 aromatic carbocycles. The van der Waals surface area contributed by atoms with Gasteiger partial charge in [-0.2, -0.15) is 0 Å². The molecule has 0 bridgehead atoms. The summed E-state index contributed by atoms with van der Waals surface area (Å²) >= 11 is 0. The van der Waals surface area contributed by atoms with E-state index in [1.54, 1.807) is 13.2 Å². The molecule has 0 radical (unpaired) electrons. The fourth-order valence-electron chi connectivity index (χ4n) is 2.15. The van der Waals surface area contributed by atoms with Crippen molar-refractivity contribution >= 4 is 11.4 Å². The Morgan fingerprint density at radius 2 is 2.30 bits per heavy atom. The fraction of sp³-hybridized carbons (Fsp3) is 0.412.